The lowest BCUT2D eigenvalue weighted by atomic mass is 10.2. The van der Waals surface area contributed by atoms with Crippen LogP contribution in [0.2, 0.25) is 0 Å². The standard InChI is InChI=1S/C15H11F3N2O2S/c1-3-11-5-4-6-12(9-11)20(2)23(21,22)13-7-8-14(19-10-13)15(16,17)18/h1,4-10H,2H3. The van der Waals surface area contributed by atoms with E-state index in [9.17, 15) is 21.6 Å². The first-order chi connectivity index (χ1) is 10.7. The molecular formula is C15H11F3N2O2S. The number of nitrogens with zero attached hydrogens (tertiary/aromatic N) is 2. The van der Waals surface area contributed by atoms with Gasteiger partial charge in [0.15, 0.2) is 0 Å². The number of sulfonamides is 1. The minimum absolute atomic E-state index is 0.292. The Bertz CT molecular complexity index is 854. The molecule has 0 aliphatic carbocycles. The maximum absolute atomic E-state index is 12.5. The molecule has 8 heteroatoms. The summed E-state index contributed by atoms with van der Waals surface area (Å²) in [6.45, 7) is 0. The van der Waals surface area contributed by atoms with Crippen molar-refractivity contribution in [2.75, 3.05) is 11.4 Å². The van der Waals surface area contributed by atoms with Gasteiger partial charge in [-0.3, -0.25) is 9.29 Å². The summed E-state index contributed by atoms with van der Waals surface area (Å²) in [6, 6.07) is 7.71. The summed E-state index contributed by atoms with van der Waals surface area (Å²) in [4.78, 5) is 2.81. The van der Waals surface area contributed by atoms with Gasteiger partial charge in [-0.2, -0.15) is 13.2 Å². The van der Waals surface area contributed by atoms with E-state index in [1.54, 1.807) is 12.1 Å². The average molecular weight is 340 g/mol. The molecular weight excluding hydrogens is 329 g/mol. The largest absolute Gasteiger partial charge is 0.433 e. The van der Waals surface area contributed by atoms with Crippen LogP contribution in [0.1, 0.15) is 11.3 Å². The maximum atomic E-state index is 12.5. The lowest BCUT2D eigenvalue weighted by Gasteiger charge is -2.19. The van der Waals surface area contributed by atoms with Gasteiger partial charge in [0.25, 0.3) is 10.0 Å². The molecule has 0 aliphatic heterocycles. The van der Waals surface area contributed by atoms with Gasteiger partial charge in [0.1, 0.15) is 10.6 Å². The van der Waals surface area contributed by atoms with Crippen LogP contribution in [-0.4, -0.2) is 20.4 Å². The zero-order chi connectivity index (χ0) is 17.3. The number of hydrogen-bond acceptors (Lipinski definition) is 3. The van der Waals surface area contributed by atoms with Crippen molar-refractivity contribution in [3.05, 3.63) is 53.9 Å². The Hall–Kier alpha value is -2.53. The Labute approximate surface area is 131 Å². The Morgan fingerprint density at radius 1 is 1.22 bits per heavy atom. The third-order valence-corrected chi connectivity index (χ3v) is 4.83. The summed E-state index contributed by atoms with van der Waals surface area (Å²) in [5.41, 5.74) is -0.385. The van der Waals surface area contributed by atoms with Crippen molar-refractivity contribution >= 4 is 15.7 Å². The van der Waals surface area contributed by atoms with E-state index < -0.39 is 21.9 Å². The minimum atomic E-state index is -4.63. The zero-order valence-electron chi connectivity index (χ0n) is 11.9. The second kappa shape index (κ2) is 5.93. The molecule has 0 amide bonds. The molecule has 0 saturated heterocycles. The van der Waals surface area contributed by atoms with Crippen LogP contribution in [-0.2, 0) is 16.2 Å². The third-order valence-electron chi connectivity index (χ3n) is 3.06. The van der Waals surface area contributed by atoms with Crippen molar-refractivity contribution in [2.45, 2.75) is 11.1 Å². The first kappa shape index (κ1) is 16.8. The van der Waals surface area contributed by atoms with E-state index in [4.69, 9.17) is 6.42 Å². The van der Waals surface area contributed by atoms with Crippen molar-refractivity contribution in [2.24, 2.45) is 0 Å². The van der Waals surface area contributed by atoms with E-state index in [1.165, 1.54) is 19.2 Å². The maximum Gasteiger partial charge on any atom is 0.433 e. The molecule has 0 radical (unpaired) electrons. The lowest BCUT2D eigenvalue weighted by molar-refractivity contribution is -0.141. The predicted molar refractivity (Wildman–Crippen MR) is 79.2 cm³/mol. The predicted octanol–water partition coefficient (Wildman–Crippen LogP) is 2.91. The number of pyridine rings is 1. The van der Waals surface area contributed by atoms with Crippen LogP contribution in [0.15, 0.2) is 47.5 Å². The SMILES string of the molecule is C#Cc1cccc(N(C)S(=O)(=O)c2ccc(C(F)(F)F)nc2)c1. The number of halogens is 3. The Morgan fingerprint density at radius 2 is 1.91 bits per heavy atom. The van der Waals surface area contributed by atoms with Crippen molar-refractivity contribution in [1.29, 1.82) is 0 Å². The molecule has 2 rings (SSSR count). The van der Waals surface area contributed by atoms with Gasteiger partial charge >= 0.3 is 6.18 Å². The molecule has 0 unspecified atom stereocenters. The van der Waals surface area contributed by atoms with E-state index in [0.29, 0.717) is 23.5 Å². The van der Waals surface area contributed by atoms with E-state index in [2.05, 4.69) is 10.9 Å². The van der Waals surface area contributed by atoms with E-state index in [1.807, 2.05) is 0 Å². The number of benzene rings is 1. The van der Waals surface area contributed by atoms with Gasteiger partial charge in [-0.1, -0.05) is 12.0 Å². The molecule has 1 heterocycles. The van der Waals surface area contributed by atoms with E-state index in [0.717, 1.165) is 10.4 Å². The fraction of sp³-hybridized carbons (Fsp3) is 0.133. The Morgan fingerprint density at radius 3 is 2.43 bits per heavy atom. The third kappa shape index (κ3) is 3.46. The molecule has 4 nitrogen and oxygen atoms in total. The molecule has 2 aromatic rings. The highest BCUT2D eigenvalue weighted by molar-refractivity contribution is 7.92. The van der Waals surface area contributed by atoms with E-state index in [-0.39, 0.29) is 4.90 Å². The highest BCUT2D eigenvalue weighted by atomic mass is 32.2. The van der Waals surface area contributed by atoms with Crippen LogP contribution >= 0.6 is 0 Å². The molecule has 0 spiro atoms. The van der Waals surface area contributed by atoms with Gasteiger partial charge < -0.3 is 0 Å². The molecule has 1 aromatic carbocycles. The molecule has 0 fully saturated rings. The van der Waals surface area contributed by atoms with Crippen molar-refractivity contribution < 1.29 is 21.6 Å². The number of anilines is 1. The van der Waals surface area contributed by atoms with Gasteiger partial charge in [-0.15, -0.1) is 6.42 Å². The lowest BCUT2D eigenvalue weighted by Crippen LogP contribution is -2.27. The average Bonchev–Trinajstić information content (AvgIpc) is 2.53. The number of hydrogen-bond donors (Lipinski definition) is 0. The fourth-order valence-electron chi connectivity index (χ4n) is 1.79. The minimum Gasteiger partial charge on any atom is -0.269 e. The second-order valence-electron chi connectivity index (χ2n) is 4.54. The topological polar surface area (TPSA) is 50.3 Å². The molecule has 1 aromatic heterocycles. The highest BCUT2D eigenvalue weighted by Crippen LogP contribution is 2.29. The summed E-state index contributed by atoms with van der Waals surface area (Å²) in [7, 11) is -2.76. The highest BCUT2D eigenvalue weighted by Gasteiger charge is 2.33. The summed E-state index contributed by atoms with van der Waals surface area (Å²) >= 11 is 0. The Kier molecular flexibility index (Phi) is 4.34. The van der Waals surface area contributed by atoms with E-state index >= 15 is 0 Å². The molecule has 23 heavy (non-hydrogen) atoms. The molecule has 0 saturated carbocycles. The van der Waals surface area contributed by atoms with Crippen LogP contribution in [0.3, 0.4) is 0 Å². The number of terminal acetylenes is 1. The molecule has 120 valence electrons. The van der Waals surface area contributed by atoms with Gasteiger partial charge in [0, 0.05) is 18.8 Å². The smallest absolute Gasteiger partial charge is 0.269 e. The van der Waals surface area contributed by atoms with Crippen LogP contribution < -0.4 is 4.31 Å². The molecule has 0 atom stereocenters. The molecule has 0 aliphatic rings. The molecule has 0 N–H and O–H groups in total. The molecule has 0 bridgehead atoms. The van der Waals surface area contributed by atoms with Gasteiger partial charge in [-0.05, 0) is 30.3 Å². The van der Waals surface area contributed by atoms with Crippen LogP contribution in [0, 0.1) is 12.3 Å². The van der Waals surface area contributed by atoms with Crippen LogP contribution in [0.4, 0.5) is 18.9 Å². The number of rotatable bonds is 3. The van der Waals surface area contributed by atoms with Gasteiger partial charge in [-0.25, -0.2) is 8.42 Å². The van der Waals surface area contributed by atoms with Crippen LogP contribution in [0.25, 0.3) is 0 Å². The quantitative estimate of drug-likeness (QED) is 0.808. The van der Waals surface area contributed by atoms with Crippen LogP contribution in [0.5, 0.6) is 0 Å². The van der Waals surface area contributed by atoms with Crippen molar-refractivity contribution in [3.63, 3.8) is 0 Å². The number of aromatic nitrogens is 1. The van der Waals surface area contributed by atoms with Crippen molar-refractivity contribution in [1.82, 2.24) is 4.98 Å². The van der Waals surface area contributed by atoms with Gasteiger partial charge in [0.05, 0.1) is 5.69 Å². The number of alkyl halides is 3. The summed E-state index contributed by atoms with van der Waals surface area (Å²) in [6.07, 6.45) is 1.31. The Balaban J connectivity index is 2.39. The summed E-state index contributed by atoms with van der Waals surface area (Å²) in [5.74, 6) is 2.38. The first-order valence-corrected chi connectivity index (χ1v) is 7.69. The summed E-state index contributed by atoms with van der Waals surface area (Å²) < 4.78 is 63.3. The monoisotopic (exact) mass is 340 g/mol. The fourth-order valence-corrected chi connectivity index (χ4v) is 2.92. The second-order valence-corrected chi connectivity index (χ2v) is 6.51. The summed E-state index contributed by atoms with van der Waals surface area (Å²) in [5, 5.41) is 0. The van der Waals surface area contributed by atoms with Gasteiger partial charge in [0.2, 0.25) is 0 Å². The normalized spacial score (nSPS) is 11.8. The van der Waals surface area contributed by atoms with Crippen molar-refractivity contribution in [3.8, 4) is 12.3 Å². The first-order valence-electron chi connectivity index (χ1n) is 6.25. The zero-order valence-corrected chi connectivity index (χ0v) is 12.7.